The van der Waals surface area contributed by atoms with Crippen LogP contribution in [0.4, 0.5) is 10.5 Å². The molecular formula is C37H41N3O6. The van der Waals surface area contributed by atoms with E-state index in [1.54, 1.807) is 14.2 Å². The molecule has 0 aliphatic carbocycles. The Kier molecular flexibility index (Phi) is 10.1. The summed E-state index contributed by atoms with van der Waals surface area (Å²) in [5.74, 6) is 1.49. The molecule has 1 saturated heterocycles. The summed E-state index contributed by atoms with van der Waals surface area (Å²) in [7, 11) is 3.33. The van der Waals surface area contributed by atoms with E-state index in [2.05, 4.69) is 27.7 Å². The van der Waals surface area contributed by atoms with Gasteiger partial charge in [-0.15, -0.1) is 0 Å². The van der Waals surface area contributed by atoms with Gasteiger partial charge in [0.25, 0.3) is 0 Å². The molecule has 9 nitrogen and oxygen atoms in total. The first-order chi connectivity index (χ1) is 22.5. The van der Waals surface area contributed by atoms with E-state index >= 15 is 0 Å². The number of anilines is 1. The maximum Gasteiger partial charge on any atom is 0.319 e. The molecule has 3 atom stereocenters. The number of aliphatic hydroxyl groups is 1. The predicted octanol–water partition coefficient (Wildman–Crippen LogP) is 6.12. The number of benzene rings is 4. The fourth-order valence-electron chi connectivity index (χ4n) is 6.13. The van der Waals surface area contributed by atoms with Crippen LogP contribution in [0.25, 0.3) is 0 Å². The Morgan fingerprint density at radius 1 is 0.870 bits per heavy atom. The maximum atomic E-state index is 12.7. The molecule has 2 aliphatic rings. The number of aliphatic hydroxyl groups excluding tert-OH is 1. The molecule has 0 saturated carbocycles. The fourth-order valence-corrected chi connectivity index (χ4v) is 6.13. The summed E-state index contributed by atoms with van der Waals surface area (Å²) < 4.78 is 24.3. The van der Waals surface area contributed by atoms with Crippen LogP contribution in [0.5, 0.6) is 11.5 Å². The Labute approximate surface area is 270 Å². The van der Waals surface area contributed by atoms with E-state index in [1.165, 1.54) is 11.1 Å². The summed E-state index contributed by atoms with van der Waals surface area (Å²) in [4.78, 5) is 15.1. The van der Waals surface area contributed by atoms with Crippen molar-refractivity contribution in [3.63, 3.8) is 0 Å². The van der Waals surface area contributed by atoms with Gasteiger partial charge >= 0.3 is 6.03 Å². The van der Waals surface area contributed by atoms with Crippen molar-refractivity contribution in [2.75, 3.05) is 32.6 Å². The first kappa shape index (κ1) is 31.6. The molecule has 240 valence electrons. The van der Waals surface area contributed by atoms with Crippen LogP contribution in [0.2, 0.25) is 0 Å². The van der Waals surface area contributed by atoms with E-state index in [1.807, 2.05) is 78.9 Å². The molecule has 0 radical (unpaired) electrons. The van der Waals surface area contributed by atoms with E-state index in [-0.39, 0.29) is 24.8 Å². The highest BCUT2D eigenvalue weighted by Gasteiger charge is 2.34. The molecule has 0 unspecified atom stereocenters. The van der Waals surface area contributed by atoms with Crippen LogP contribution >= 0.6 is 0 Å². The van der Waals surface area contributed by atoms with Crippen molar-refractivity contribution in [3.8, 4) is 11.5 Å². The molecule has 46 heavy (non-hydrogen) atoms. The lowest BCUT2D eigenvalue weighted by Crippen LogP contribution is -2.41. The Balaban J connectivity index is 1.17. The Morgan fingerprint density at radius 3 is 2.37 bits per heavy atom. The van der Waals surface area contributed by atoms with Crippen molar-refractivity contribution in [3.05, 3.63) is 124 Å². The second kappa shape index (κ2) is 14.8. The monoisotopic (exact) mass is 623 g/mol. The third-order valence-electron chi connectivity index (χ3n) is 8.59. The molecule has 4 aromatic carbocycles. The molecule has 1 fully saturated rings. The van der Waals surface area contributed by atoms with Gasteiger partial charge in [-0.1, -0.05) is 66.7 Å². The van der Waals surface area contributed by atoms with Crippen LogP contribution in [-0.2, 0) is 35.6 Å². The van der Waals surface area contributed by atoms with Gasteiger partial charge in [0.2, 0.25) is 0 Å². The number of rotatable bonds is 10. The lowest BCUT2D eigenvalue weighted by atomic mass is 9.97. The number of amides is 2. The van der Waals surface area contributed by atoms with Crippen molar-refractivity contribution in [2.24, 2.45) is 0 Å². The van der Waals surface area contributed by atoms with Crippen LogP contribution in [0.15, 0.2) is 91.0 Å². The predicted molar refractivity (Wildman–Crippen MR) is 176 cm³/mol. The molecule has 4 aromatic rings. The smallest absolute Gasteiger partial charge is 0.319 e. The zero-order valence-electron chi connectivity index (χ0n) is 26.3. The summed E-state index contributed by atoms with van der Waals surface area (Å²) in [5.41, 5.74) is 6.89. The van der Waals surface area contributed by atoms with Crippen molar-refractivity contribution in [1.29, 1.82) is 0 Å². The van der Waals surface area contributed by atoms with Crippen LogP contribution in [0.3, 0.4) is 0 Å². The minimum atomic E-state index is -0.628. The van der Waals surface area contributed by atoms with Gasteiger partial charge < -0.3 is 34.7 Å². The van der Waals surface area contributed by atoms with Crippen LogP contribution in [0, 0.1) is 0 Å². The quantitative estimate of drug-likeness (QED) is 0.196. The van der Waals surface area contributed by atoms with Gasteiger partial charge in [-0.25, -0.2) is 4.79 Å². The summed E-state index contributed by atoms with van der Waals surface area (Å²) in [6, 6.07) is 29.2. The molecule has 0 aromatic heterocycles. The minimum Gasteiger partial charge on any atom is -0.493 e. The van der Waals surface area contributed by atoms with E-state index in [4.69, 9.17) is 18.9 Å². The average Bonchev–Trinajstić information content (AvgIpc) is 3.10. The van der Waals surface area contributed by atoms with Gasteiger partial charge in [-0.05, 0) is 58.5 Å². The van der Waals surface area contributed by atoms with E-state index in [0.717, 1.165) is 59.8 Å². The van der Waals surface area contributed by atoms with E-state index < -0.39 is 6.29 Å². The van der Waals surface area contributed by atoms with E-state index in [9.17, 15) is 9.90 Å². The van der Waals surface area contributed by atoms with Gasteiger partial charge in [0.05, 0.1) is 33.0 Å². The third kappa shape index (κ3) is 7.68. The number of nitrogens with one attached hydrogen (secondary N) is 2. The molecule has 2 heterocycles. The standard InChI is InChI=1S/C37H41N3O6/c1-43-34-18-28-15-16-40(22-30(28)19-35(34)44-2)23-32-20-33(27-13-11-26(24-41)12-14-27)46-36(45-32)29-9-6-10-31(17-29)39-37(42)38-21-25-7-4-3-5-8-25/h3-14,17-19,32-33,36,41H,15-16,20-24H2,1-2H3,(H2,38,39,42)/t32-,33+,36+/m0/s1. The number of methoxy groups -OCH3 is 2. The van der Waals surface area contributed by atoms with Crippen molar-refractivity contribution in [2.45, 2.75) is 51.0 Å². The van der Waals surface area contributed by atoms with Gasteiger partial charge in [-0.2, -0.15) is 0 Å². The maximum absolute atomic E-state index is 12.7. The number of fused-ring (bicyclic) bond motifs is 1. The van der Waals surface area contributed by atoms with Crippen molar-refractivity contribution in [1.82, 2.24) is 10.2 Å². The zero-order chi connectivity index (χ0) is 31.9. The SMILES string of the molecule is COc1cc2c(cc1OC)CN(C[C@@H]1C[C@H](c3ccc(CO)cc3)O[C@H](c3cccc(NC(=O)NCc4ccccc4)c3)O1)CC2. The number of hydrogen-bond donors (Lipinski definition) is 3. The largest absolute Gasteiger partial charge is 0.493 e. The fraction of sp³-hybridized carbons (Fsp3) is 0.324. The second-order valence-electron chi connectivity index (χ2n) is 11.7. The minimum absolute atomic E-state index is 0.00796. The van der Waals surface area contributed by atoms with Crippen molar-refractivity contribution < 1.29 is 28.8 Å². The summed E-state index contributed by atoms with van der Waals surface area (Å²) in [6.45, 7) is 2.85. The molecule has 0 spiro atoms. The average molecular weight is 624 g/mol. The first-order valence-corrected chi connectivity index (χ1v) is 15.7. The highest BCUT2D eigenvalue weighted by atomic mass is 16.7. The normalized spacial score (nSPS) is 19.6. The lowest BCUT2D eigenvalue weighted by molar-refractivity contribution is -0.253. The number of urea groups is 1. The number of ether oxygens (including phenoxy) is 4. The van der Waals surface area contributed by atoms with Gasteiger partial charge in [-0.3, -0.25) is 4.90 Å². The summed E-state index contributed by atoms with van der Waals surface area (Å²) in [6.07, 6.45) is 0.660. The highest BCUT2D eigenvalue weighted by Crippen LogP contribution is 2.39. The van der Waals surface area contributed by atoms with Crippen LogP contribution in [0.1, 0.15) is 52.2 Å². The lowest BCUT2D eigenvalue weighted by Gasteiger charge is -2.39. The second-order valence-corrected chi connectivity index (χ2v) is 11.7. The van der Waals surface area contributed by atoms with Crippen LogP contribution < -0.4 is 20.1 Å². The summed E-state index contributed by atoms with van der Waals surface area (Å²) in [5, 5.41) is 15.4. The molecular weight excluding hydrogens is 582 g/mol. The molecule has 9 heteroatoms. The summed E-state index contributed by atoms with van der Waals surface area (Å²) >= 11 is 0. The molecule has 3 N–H and O–H groups in total. The molecule has 2 aliphatic heterocycles. The Morgan fingerprint density at radius 2 is 1.63 bits per heavy atom. The number of carbonyl (C=O) groups is 1. The molecule has 0 bridgehead atoms. The Hall–Kier alpha value is -4.41. The number of hydrogen-bond acceptors (Lipinski definition) is 7. The highest BCUT2D eigenvalue weighted by molar-refractivity contribution is 5.89. The van der Waals surface area contributed by atoms with Gasteiger partial charge in [0.1, 0.15) is 0 Å². The topological polar surface area (TPSA) is 102 Å². The molecule has 6 rings (SSSR count). The zero-order valence-corrected chi connectivity index (χ0v) is 26.3. The van der Waals surface area contributed by atoms with Crippen molar-refractivity contribution >= 4 is 11.7 Å². The number of carbonyl (C=O) groups excluding carboxylic acids is 1. The van der Waals surface area contributed by atoms with E-state index in [0.29, 0.717) is 18.7 Å². The van der Waals surface area contributed by atoms with Crippen LogP contribution in [-0.4, -0.2) is 49.5 Å². The molecule has 2 amide bonds. The van der Waals surface area contributed by atoms with Gasteiger partial charge in [0.15, 0.2) is 17.8 Å². The first-order valence-electron chi connectivity index (χ1n) is 15.7. The number of nitrogens with zero attached hydrogens (tertiary/aromatic N) is 1. The Bertz CT molecular complexity index is 1610. The third-order valence-corrected chi connectivity index (χ3v) is 8.59. The van der Waals surface area contributed by atoms with Gasteiger partial charge in [0, 0.05) is 43.9 Å².